The first kappa shape index (κ1) is 15.6. The van der Waals surface area contributed by atoms with Crippen molar-refractivity contribution >= 4 is 11.6 Å². The van der Waals surface area contributed by atoms with Crippen molar-refractivity contribution in [3.63, 3.8) is 0 Å². The lowest BCUT2D eigenvalue weighted by Crippen LogP contribution is -2.29. The molecule has 6 heteroatoms. The second-order valence-corrected chi connectivity index (χ2v) is 5.08. The van der Waals surface area contributed by atoms with Crippen molar-refractivity contribution in [3.8, 4) is 11.4 Å². The molecule has 3 aromatic rings. The van der Waals surface area contributed by atoms with Gasteiger partial charge in [0, 0.05) is 49.1 Å². The van der Waals surface area contributed by atoms with E-state index in [2.05, 4.69) is 25.6 Å². The zero-order valence-electron chi connectivity index (χ0n) is 13.0. The van der Waals surface area contributed by atoms with Crippen LogP contribution in [0.4, 0.5) is 5.69 Å². The highest BCUT2D eigenvalue weighted by molar-refractivity contribution is 5.93. The van der Waals surface area contributed by atoms with Gasteiger partial charge in [0.2, 0.25) is 0 Å². The Morgan fingerprint density at radius 1 is 0.917 bits per heavy atom. The molecule has 0 saturated heterocycles. The van der Waals surface area contributed by atoms with Crippen LogP contribution in [0.5, 0.6) is 0 Å². The number of amides is 1. The average Bonchev–Trinajstić information content (AvgIpc) is 2.67. The van der Waals surface area contributed by atoms with Gasteiger partial charge in [0.1, 0.15) is 0 Å². The Labute approximate surface area is 140 Å². The predicted octanol–water partition coefficient (Wildman–Crippen LogP) is 2.38. The molecule has 0 radical (unpaired) electrons. The van der Waals surface area contributed by atoms with Gasteiger partial charge in [-0.15, -0.1) is 0 Å². The molecule has 0 unspecified atom stereocenters. The molecule has 0 atom stereocenters. The number of pyridine rings is 1. The first-order valence-corrected chi connectivity index (χ1v) is 7.62. The van der Waals surface area contributed by atoms with E-state index in [9.17, 15) is 4.79 Å². The minimum atomic E-state index is -0.189. The van der Waals surface area contributed by atoms with E-state index in [1.54, 1.807) is 24.8 Å². The third-order valence-corrected chi connectivity index (χ3v) is 3.37. The molecule has 0 fully saturated rings. The second-order valence-electron chi connectivity index (χ2n) is 5.08. The molecule has 6 nitrogen and oxygen atoms in total. The van der Waals surface area contributed by atoms with Gasteiger partial charge in [-0.2, -0.15) is 0 Å². The lowest BCUT2D eigenvalue weighted by atomic mass is 10.2. The molecule has 120 valence electrons. The molecule has 0 aliphatic heterocycles. The third-order valence-electron chi connectivity index (χ3n) is 3.37. The zero-order chi connectivity index (χ0) is 16.6. The van der Waals surface area contributed by atoms with E-state index in [1.807, 2.05) is 42.5 Å². The summed E-state index contributed by atoms with van der Waals surface area (Å²) in [5, 5.41) is 6.03. The minimum Gasteiger partial charge on any atom is -0.383 e. The van der Waals surface area contributed by atoms with Crippen LogP contribution in [-0.4, -0.2) is 33.9 Å². The molecule has 0 spiro atoms. The third kappa shape index (κ3) is 4.13. The number of rotatable bonds is 6. The van der Waals surface area contributed by atoms with Crippen LogP contribution >= 0.6 is 0 Å². The Balaban J connectivity index is 1.50. The number of nitrogens with zero attached hydrogens (tertiary/aromatic N) is 3. The number of hydrogen-bond acceptors (Lipinski definition) is 5. The van der Waals surface area contributed by atoms with E-state index in [1.165, 1.54) is 0 Å². The summed E-state index contributed by atoms with van der Waals surface area (Å²) in [6.07, 6.45) is 6.51. The smallest absolute Gasteiger partial charge is 0.254 e. The van der Waals surface area contributed by atoms with Crippen LogP contribution in [0, 0.1) is 0 Å². The van der Waals surface area contributed by atoms with Gasteiger partial charge in [-0.05, 0) is 12.1 Å². The number of carbonyl (C=O) groups excluding carboxylic acids is 1. The summed E-state index contributed by atoms with van der Waals surface area (Å²) in [7, 11) is 0. The van der Waals surface area contributed by atoms with Crippen molar-refractivity contribution in [2.75, 3.05) is 18.4 Å². The Morgan fingerprint density at radius 3 is 2.33 bits per heavy atom. The van der Waals surface area contributed by atoms with E-state index in [-0.39, 0.29) is 5.91 Å². The van der Waals surface area contributed by atoms with Crippen LogP contribution in [0.15, 0.2) is 67.3 Å². The molecule has 2 heterocycles. The quantitative estimate of drug-likeness (QED) is 0.682. The molecule has 2 aromatic heterocycles. The molecule has 3 rings (SSSR count). The Bertz CT molecular complexity index is 776. The summed E-state index contributed by atoms with van der Waals surface area (Å²) in [4.78, 5) is 24.5. The molecule has 1 amide bonds. The number of hydrogen-bond donors (Lipinski definition) is 2. The van der Waals surface area contributed by atoms with Gasteiger partial charge in [0.25, 0.3) is 5.91 Å². The summed E-state index contributed by atoms with van der Waals surface area (Å²) in [5.74, 6) is 0.414. The van der Waals surface area contributed by atoms with Gasteiger partial charge in [-0.3, -0.25) is 9.78 Å². The maximum absolute atomic E-state index is 12.1. The fourth-order valence-corrected chi connectivity index (χ4v) is 2.14. The predicted molar refractivity (Wildman–Crippen MR) is 92.5 cm³/mol. The summed E-state index contributed by atoms with van der Waals surface area (Å²) < 4.78 is 0. The molecule has 0 bridgehead atoms. The summed E-state index contributed by atoms with van der Waals surface area (Å²) in [5.41, 5.74) is 2.33. The number of aromatic nitrogens is 3. The van der Waals surface area contributed by atoms with Gasteiger partial charge in [-0.1, -0.05) is 30.3 Å². The average molecular weight is 319 g/mol. The second kappa shape index (κ2) is 7.82. The van der Waals surface area contributed by atoms with E-state index in [4.69, 9.17) is 0 Å². The number of anilines is 1. The van der Waals surface area contributed by atoms with Crippen molar-refractivity contribution in [3.05, 3.63) is 72.8 Å². The van der Waals surface area contributed by atoms with E-state index >= 15 is 0 Å². The van der Waals surface area contributed by atoms with Gasteiger partial charge in [0.05, 0.1) is 5.56 Å². The van der Waals surface area contributed by atoms with Crippen molar-refractivity contribution in [1.82, 2.24) is 20.3 Å². The monoisotopic (exact) mass is 319 g/mol. The lowest BCUT2D eigenvalue weighted by molar-refractivity contribution is 0.0954. The summed E-state index contributed by atoms with van der Waals surface area (Å²) in [6, 6.07) is 13.4. The molecular weight excluding hydrogens is 302 g/mol. The van der Waals surface area contributed by atoms with Crippen molar-refractivity contribution < 1.29 is 4.79 Å². The fourth-order valence-electron chi connectivity index (χ4n) is 2.14. The first-order chi connectivity index (χ1) is 11.8. The van der Waals surface area contributed by atoms with E-state index in [0.717, 1.165) is 11.3 Å². The molecular formula is C18H17N5O. The van der Waals surface area contributed by atoms with Crippen LogP contribution in [0.25, 0.3) is 11.4 Å². The maximum Gasteiger partial charge on any atom is 0.254 e. The fraction of sp³-hybridized carbons (Fsp3) is 0.111. The molecule has 0 saturated carbocycles. The van der Waals surface area contributed by atoms with Crippen molar-refractivity contribution in [2.45, 2.75) is 0 Å². The van der Waals surface area contributed by atoms with Crippen LogP contribution in [0.1, 0.15) is 10.4 Å². The summed E-state index contributed by atoms with van der Waals surface area (Å²) in [6.45, 7) is 1.13. The molecule has 2 N–H and O–H groups in total. The number of nitrogens with one attached hydrogen (secondary N) is 2. The van der Waals surface area contributed by atoms with Crippen LogP contribution in [0.3, 0.4) is 0 Å². The Hall–Kier alpha value is -3.28. The molecule has 0 aliphatic carbocycles. The standard InChI is InChI=1S/C18H17N5O/c24-18(21-11-10-20-16-6-8-19-9-7-16)15-12-22-17(23-13-15)14-4-2-1-3-5-14/h1-9,12-13H,10-11H2,(H,19,20)(H,21,24). The summed E-state index contributed by atoms with van der Waals surface area (Å²) >= 11 is 0. The normalized spacial score (nSPS) is 10.2. The van der Waals surface area contributed by atoms with Gasteiger partial charge in [0.15, 0.2) is 5.82 Å². The van der Waals surface area contributed by atoms with E-state index < -0.39 is 0 Å². The SMILES string of the molecule is O=C(NCCNc1ccncc1)c1cnc(-c2ccccc2)nc1. The molecule has 24 heavy (non-hydrogen) atoms. The highest BCUT2D eigenvalue weighted by atomic mass is 16.1. The van der Waals surface area contributed by atoms with E-state index in [0.29, 0.717) is 24.5 Å². The highest BCUT2D eigenvalue weighted by Gasteiger charge is 2.07. The topological polar surface area (TPSA) is 79.8 Å². The van der Waals surface area contributed by atoms with Gasteiger partial charge >= 0.3 is 0 Å². The molecule has 0 aliphatic rings. The Morgan fingerprint density at radius 2 is 1.62 bits per heavy atom. The van der Waals surface area contributed by atoms with Crippen molar-refractivity contribution in [1.29, 1.82) is 0 Å². The highest BCUT2D eigenvalue weighted by Crippen LogP contribution is 2.13. The Kier molecular flexibility index (Phi) is 5.09. The van der Waals surface area contributed by atoms with Gasteiger partial charge in [-0.25, -0.2) is 9.97 Å². The van der Waals surface area contributed by atoms with Crippen LogP contribution in [-0.2, 0) is 0 Å². The number of carbonyl (C=O) groups is 1. The van der Waals surface area contributed by atoms with Gasteiger partial charge < -0.3 is 10.6 Å². The maximum atomic E-state index is 12.1. The largest absolute Gasteiger partial charge is 0.383 e. The zero-order valence-corrected chi connectivity index (χ0v) is 13.0. The van der Waals surface area contributed by atoms with Crippen LogP contribution < -0.4 is 10.6 Å². The van der Waals surface area contributed by atoms with Crippen LogP contribution in [0.2, 0.25) is 0 Å². The molecule has 1 aromatic carbocycles. The minimum absolute atomic E-state index is 0.189. The lowest BCUT2D eigenvalue weighted by Gasteiger charge is -2.08. The number of benzene rings is 1. The first-order valence-electron chi connectivity index (χ1n) is 7.62. The van der Waals surface area contributed by atoms with Crippen molar-refractivity contribution in [2.24, 2.45) is 0 Å².